The zero-order valence-corrected chi connectivity index (χ0v) is 17.4. The fourth-order valence-corrected chi connectivity index (χ4v) is 3.82. The molecule has 166 valence electrons. The molecule has 8 heteroatoms. The molecule has 0 spiro atoms. The van der Waals surface area contributed by atoms with Gasteiger partial charge in [0.05, 0.1) is 30.7 Å². The van der Waals surface area contributed by atoms with Crippen LogP contribution in [-0.4, -0.2) is 13.1 Å². The Kier molecular flexibility index (Phi) is 6.68. The molecule has 1 N–H and O–H groups in total. The van der Waals surface area contributed by atoms with E-state index in [9.17, 15) is 22.4 Å². The second kappa shape index (κ2) is 9.27. The molecule has 2 aromatic carbocycles. The molecule has 1 aliphatic rings. The van der Waals surface area contributed by atoms with E-state index in [0.717, 1.165) is 24.8 Å². The second-order valence-electron chi connectivity index (χ2n) is 7.28. The molecular formula is C24H20F4N2O2. The van der Waals surface area contributed by atoms with Crippen LogP contribution in [0.2, 0.25) is 0 Å². The summed E-state index contributed by atoms with van der Waals surface area (Å²) in [5.41, 5.74) is -0.0993. The molecule has 4 nitrogen and oxygen atoms in total. The smallest absolute Gasteiger partial charge is 0.416 e. The lowest BCUT2D eigenvalue weighted by Gasteiger charge is -2.31. The standard InChI is InChI=1S/C24H20F4N2O2/c1-14-22(29-2)20(17-11-10-16(25)13-18(17)24(26,27)28)21(23(31)32-3)19(30-14)12-9-15-7-5-4-6-8-15/h4-8,10-11,13,20,30H,9,12H2,1,3H3. The molecule has 0 amide bonds. The predicted octanol–water partition coefficient (Wildman–Crippen LogP) is 5.74. The molecule has 1 atom stereocenters. The SMILES string of the molecule is [C-]#[N+]C1=C(C)NC(CCc2ccccc2)=C(C(=O)OC)C1c1ccc(F)cc1C(F)(F)F. The normalized spacial score (nSPS) is 16.5. The molecule has 0 aliphatic carbocycles. The fourth-order valence-electron chi connectivity index (χ4n) is 3.82. The number of aryl methyl sites for hydroxylation is 1. The van der Waals surface area contributed by atoms with Gasteiger partial charge in [-0.1, -0.05) is 36.4 Å². The summed E-state index contributed by atoms with van der Waals surface area (Å²) in [5, 5.41) is 3.01. The van der Waals surface area contributed by atoms with Crippen LogP contribution in [0.3, 0.4) is 0 Å². The van der Waals surface area contributed by atoms with E-state index in [-0.39, 0.29) is 16.8 Å². The van der Waals surface area contributed by atoms with Gasteiger partial charge in [-0.25, -0.2) is 14.0 Å². The van der Waals surface area contributed by atoms with Crippen LogP contribution < -0.4 is 5.32 Å². The van der Waals surface area contributed by atoms with Gasteiger partial charge in [-0.3, -0.25) is 0 Å². The Hall–Kier alpha value is -3.60. The quantitative estimate of drug-likeness (QED) is 0.363. The summed E-state index contributed by atoms with van der Waals surface area (Å²) in [4.78, 5) is 16.2. The van der Waals surface area contributed by atoms with Gasteiger partial charge >= 0.3 is 12.1 Å². The molecule has 3 rings (SSSR count). The number of allylic oxidation sites excluding steroid dienone is 3. The van der Waals surface area contributed by atoms with Crippen LogP contribution in [-0.2, 0) is 22.1 Å². The maximum atomic E-state index is 13.8. The van der Waals surface area contributed by atoms with Crippen molar-refractivity contribution in [3.05, 3.63) is 105 Å². The van der Waals surface area contributed by atoms with E-state index in [0.29, 0.717) is 30.3 Å². The van der Waals surface area contributed by atoms with Crippen molar-refractivity contribution in [3.8, 4) is 0 Å². The van der Waals surface area contributed by atoms with Crippen LogP contribution >= 0.6 is 0 Å². The third kappa shape index (κ3) is 4.67. The van der Waals surface area contributed by atoms with Gasteiger partial charge in [0.15, 0.2) is 5.70 Å². The lowest BCUT2D eigenvalue weighted by molar-refractivity contribution is -0.139. The largest absolute Gasteiger partial charge is 0.466 e. The number of hydrogen-bond acceptors (Lipinski definition) is 3. The Morgan fingerprint density at radius 2 is 1.84 bits per heavy atom. The Morgan fingerprint density at radius 1 is 1.16 bits per heavy atom. The maximum absolute atomic E-state index is 13.8. The van der Waals surface area contributed by atoms with Crippen molar-refractivity contribution < 1.29 is 27.1 Å². The molecule has 32 heavy (non-hydrogen) atoms. The summed E-state index contributed by atoms with van der Waals surface area (Å²) in [6.45, 7) is 9.13. The molecule has 1 heterocycles. The van der Waals surface area contributed by atoms with E-state index >= 15 is 0 Å². The van der Waals surface area contributed by atoms with Crippen LogP contribution in [0.1, 0.15) is 36.0 Å². The highest BCUT2D eigenvalue weighted by atomic mass is 19.4. The first-order valence-electron chi connectivity index (χ1n) is 9.74. The minimum Gasteiger partial charge on any atom is -0.466 e. The topological polar surface area (TPSA) is 42.7 Å². The predicted molar refractivity (Wildman–Crippen MR) is 110 cm³/mol. The number of methoxy groups -OCH3 is 1. The average molecular weight is 444 g/mol. The van der Waals surface area contributed by atoms with Gasteiger partial charge in [-0.2, -0.15) is 13.2 Å². The maximum Gasteiger partial charge on any atom is 0.416 e. The van der Waals surface area contributed by atoms with Gasteiger partial charge in [0.25, 0.3) is 0 Å². The molecule has 1 unspecified atom stereocenters. The van der Waals surface area contributed by atoms with Gasteiger partial charge < -0.3 is 10.1 Å². The number of rotatable bonds is 5. The number of carbonyl (C=O) groups is 1. The molecular weight excluding hydrogens is 424 g/mol. The van der Waals surface area contributed by atoms with Crippen LogP contribution in [0.25, 0.3) is 4.85 Å². The molecule has 0 aromatic heterocycles. The van der Waals surface area contributed by atoms with E-state index in [1.807, 2.05) is 30.3 Å². The van der Waals surface area contributed by atoms with Crippen molar-refractivity contribution in [2.45, 2.75) is 31.9 Å². The average Bonchev–Trinajstić information content (AvgIpc) is 2.76. The number of nitrogens with one attached hydrogen (secondary N) is 1. The van der Waals surface area contributed by atoms with E-state index in [1.165, 1.54) is 0 Å². The Morgan fingerprint density at radius 3 is 2.44 bits per heavy atom. The Balaban J connectivity index is 2.20. The van der Waals surface area contributed by atoms with E-state index < -0.39 is 29.4 Å². The zero-order chi connectivity index (χ0) is 23.5. The van der Waals surface area contributed by atoms with E-state index in [2.05, 4.69) is 10.2 Å². The molecule has 0 fully saturated rings. The molecule has 2 aromatic rings. The van der Waals surface area contributed by atoms with Crippen molar-refractivity contribution in [1.29, 1.82) is 0 Å². The first kappa shape index (κ1) is 23.1. The highest BCUT2D eigenvalue weighted by Crippen LogP contribution is 2.45. The number of dihydropyridines is 1. The van der Waals surface area contributed by atoms with Crippen molar-refractivity contribution >= 4 is 5.97 Å². The molecule has 1 aliphatic heterocycles. The molecule has 0 saturated carbocycles. The zero-order valence-electron chi connectivity index (χ0n) is 17.4. The number of alkyl halides is 3. The molecule has 0 bridgehead atoms. The van der Waals surface area contributed by atoms with Gasteiger partial charge in [-0.15, -0.1) is 0 Å². The van der Waals surface area contributed by atoms with Crippen molar-refractivity contribution in [2.24, 2.45) is 0 Å². The van der Waals surface area contributed by atoms with Crippen LogP contribution in [0.5, 0.6) is 0 Å². The highest BCUT2D eigenvalue weighted by molar-refractivity contribution is 5.93. The van der Waals surface area contributed by atoms with E-state index in [4.69, 9.17) is 11.3 Å². The van der Waals surface area contributed by atoms with Gasteiger partial charge in [0.1, 0.15) is 5.82 Å². The van der Waals surface area contributed by atoms with Crippen LogP contribution in [0.15, 0.2) is 71.2 Å². The van der Waals surface area contributed by atoms with Crippen LogP contribution in [0, 0.1) is 12.4 Å². The van der Waals surface area contributed by atoms with Crippen molar-refractivity contribution in [1.82, 2.24) is 5.32 Å². The van der Waals surface area contributed by atoms with Crippen molar-refractivity contribution in [3.63, 3.8) is 0 Å². The molecule has 0 saturated heterocycles. The number of halogens is 4. The summed E-state index contributed by atoms with van der Waals surface area (Å²) in [6.07, 6.45) is -4.07. The summed E-state index contributed by atoms with van der Waals surface area (Å²) in [5.74, 6) is -3.26. The third-order valence-electron chi connectivity index (χ3n) is 5.27. The summed E-state index contributed by atoms with van der Waals surface area (Å²) < 4.78 is 59.9. The van der Waals surface area contributed by atoms with E-state index in [1.54, 1.807) is 6.92 Å². The number of carbonyl (C=O) groups excluding carboxylic acids is 1. The monoisotopic (exact) mass is 444 g/mol. The van der Waals surface area contributed by atoms with Gasteiger partial charge in [0, 0.05) is 11.4 Å². The number of nitrogens with zero attached hydrogens (tertiary/aromatic N) is 1. The first-order chi connectivity index (χ1) is 15.2. The fraction of sp³-hybridized carbons (Fsp3) is 0.250. The highest BCUT2D eigenvalue weighted by Gasteiger charge is 2.42. The lowest BCUT2D eigenvalue weighted by atomic mass is 9.80. The van der Waals surface area contributed by atoms with Gasteiger partial charge in [0.2, 0.25) is 0 Å². The van der Waals surface area contributed by atoms with Gasteiger partial charge in [-0.05, 0) is 43.0 Å². The summed E-state index contributed by atoms with van der Waals surface area (Å²) in [7, 11) is 1.12. The van der Waals surface area contributed by atoms with Crippen LogP contribution in [0.4, 0.5) is 17.6 Å². The number of hydrogen-bond donors (Lipinski definition) is 1. The number of benzene rings is 2. The first-order valence-corrected chi connectivity index (χ1v) is 9.74. The lowest BCUT2D eigenvalue weighted by Crippen LogP contribution is -2.30. The number of esters is 1. The third-order valence-corrected chi connectivity index (χ3v) is 5.27. The summed E-state index contributed by atoms with van der Waals surface area (Å²) >= 11 is 0. The minimum atomic E-state index is -4.88. The Bertz CT molecular complexity index is 1130. The molecule has 0 radical (unpaired) electrons. The summed E-state index contributed by atoms with van der Waals surface area (Å²) in [6, 6.07) is 11.6. The Labute approximate surface area is 183 Å². The van der Waals surface area contributed by atoms with Crippen molar-refractivity contribution in [2.75, 3.05) is 7.11 Å². The number of ether oxygens (including phenoxy) is 1. The second-order valence-corrected chi connectivity index (χ2v) is 7.28. The minimum absolute atomic E-state index is 0.0778.